The van der Waals surface area contributed by atoms with Gasteiger partial charge < -0.3 is 14.6 Å². The monoisotopic (exact) mass is 409 g/mol. The molecule has 0 fully saturated rings. The number of carbonyl (C=O) groups excluding carboxylic acids is 2. The van der Waals surface area contributed by atoms with E-state index >= 15 is 0 Å². The highest BCUT2D eigenvalue weighted by Gasteiger charge is 2.35. The topological polar surface area (TPSA) is 93.1 Å². The molecule has 7 nitrogen and oxygen atoms in total. The molecule has 0 aliphatic carbocycles. The fraction of sp³-hybridized carbons (Fsp3) is 0.261. The Balaban J connectivity index is 2.07. The van der Waals surface area contributed by atoms with Gasteiger partial charge in [0, 0.05) is 11.1 Å². The van der Waals surface area contributed by atoms with Crippen LogP contribution in [0.4, 0.5) is 0 Å². The molecule has 0 bridgehead atoms. The summed E-state index contributed by atoms with van der Waals surface area (Å²) in [5, 5.41) is 9.13. The van der Waals surface area contributed by atoms with Gasteiger partial charge in [0.2, 0.25) is 0 Å². The van der Waals surface area contributed by atoms with Crippen LogP contribution < -0.4 is 9.47 Å². The van der Waals surface area contributed by atoms with Gasteiger partial charge in [-0.15, -0.1) is 0 Å². The summed E-state index contributed by atoms with van der Waals surface area (Å²) in [6.45, 7) is 4.18. The number of carboxylic acid groups (broad SMARTS) is 1. The SMILES string of the molecule is CCCOc1ccc(/C=C2\C(=O)N(CC(=O)O)C(=O)c3ccccc32)cc1OCC. The lowest BCUT2D eigenvalue weighted by Gasteiger charge is -2.27. The number of amides is 2. The van der Waals surface area contributed by atoms with E-state index in [1.165, 1.54) is 0 Å². The molecule has 2 aromatic rings. The van der Waals surface area contributed by atoms with Crippen molar-refractivity contribution in [2.75, 3.05) is 19.8 Å². The lowest BCUT2D eigenvalue weighted by atomic mass is 9.92. The summed E-state index contributed by atoms with van der Waals surface area (Å²) < 4.78 is 11.4. The third-order valence-electron chi connectivity index (χ3n) is 4.50. The number of hydrogen-bond acceptors (Lipinski definition) is 5. The lowest BCUT2D eigenvalue weighted by molar-refractivity contribution is -0.141. The van der Waals surface area contributed by atoms with Crippen molar-refractivity contribution in [3.63, 3.8) is 0 Å². The van der Waals surface area contributed by atoms with Crippen LogP contribution >= 0.6 is 0 Å². The highest BCUT2D eigenvalue weighted by molar-refractivity contribution is 6.34. The molecule has 1 N–H and O–H groups in total. The molecule has 156 valence electrons. The molecule has 0 saturated heterocycles. The van der Waals surface area contributed by atoms with Gasteiger partial charge in [0.1, 0.15) is 6.54 Å². The molecule has 0 spiro atoms. The number of carbonyl (C=O) groups is 3. The summed E-state index contributed by atoms with van der Waals surface area (Å²) in [5.41, 5.74) is 1.68. The fourth-order valence-electron chi connectivity index (χ4n) is 3.20. The van der Waals surface area contributed by atoms with Crippen molar-refractivity contribution in [1.29, 1.82) is 0 Å². The number of fused-ring (bicyclic) bond motifs is 1. The van der Waals surface area contributed by atoms with Crippen molar-refractivity contribution in [1.82, 2.24) is 4.90 Å². The van der Waals surface area contributed by atoms with Crippen molar-refractivity contribution >= 4 is 29.4 Å². The smallest absolute Gasteiger partial charge is 0.323 e. The molecule has 0 unspecified atom stereocenters. The lowest BCUT2D eigenvalue weighted by Crippen LogP contribution is -2.44. The zero-order chi connectivity index (χ0) is 21.7. The van der Waals surface area contributed by atoms with E-state index in [4.69, 9.17) is 14.6 Å². The first-order chi connectivity index (χ1) is 14.5. The Morgan fingerprint density at radius 2 is 1.73 bits per heavy atom. The Morgan fingerprint density at radius 1 is 1.00 bits per heavy atom. The second kappa shape index (κ2) is 9.26. The van der Waals surface area contributed by atoms with Crippen molar-refractivity contribution in [2.45, 2.75) is 20.3 Å². The van der Waals surface area contributed by atoms with Crippen molar-refractivity contribution < 1.29 is 29.0 Å². The quantitative estimate of drug-likeness (QED) is 0.530. The van der Waals surface area contributed by atoms with Gasteiger partial charge in [-0.2, -0.15) is 0 Å². The Morgan fingerprint density at radius 3 is 2.40 bits per heavy atom. The number of ether oxygens (including phenoxy) is 2. The fourth-order valence-corrected chi connectivity index (χ4v) is 3.20. The highest BCUT2D eigenvalue weighted by atomic mass is 16.5. The Labute approximate surface area is 174 Å². The van der Waals surface area contributed by atoms with Crippen LogP contribution in [-0.4, -0.2) is 47.5 Å². The molecule has 3 rings (SSSR count). The van der Waals surface area contributed by atoms with Gasteiger partial charge in [0.15, 0.2) is 11.5 Å². The van der Waals surface area contributed by atoms with E-state index in [0.29, 0.717) is 35.8 Å². The standard InChI is InChI=1S/C23H23NO6/c1-3-11-30-19-10-9-15(13-20(19)29-4-2)12-18-16-7-5-6-8-17(16)22(27)24(23(18)28)14-21(25)26/h5-10,12-13H,3-4,11,14H2,1-2H3,(H,25,26)/b18-12-. The molecular weight excluding hydrogens is 386 g/mol. The van der Waals surface area contributed by atoms with Gasteiger partial charge >= 0.3 is 5.97 Å². The number of aliphatic carboxylic acids is 1. The minimum Gasteiger partial charge on any atom is -0.490 e. The van der Waals surface area contributed by atoms with Gasteiger partial charge in [-0.3, -0.25) is 19.3 Å². The number of carboxylic acids is 1. The second-order valence-electron chi connectivity index (χ2n) is 6.68. The van der Waals surface area contributed by atoms with Crippen LogP contribution in [0.25, 0.3) is 11.6 Å². The number of benzene rings is 2. The molecule has 0 aromatic heterocycles. The molecule has 2 aromatic carbocycles. The first kappa shape index (κ1) is 21.1. The van der Waals surface area contributed by atoms with Crippen LogP contribution in [0.3, 0.4) is 0 Å². The highest BCUT2D eigenvalue weighted by Crippen LogP contribution is 2.33. The summed E-state index contributed by atoms with van der Waals surface area (Å²) in [6.07, 6.45) is 2.49. The first-order valence-electron chi connectivity index (χ1n) is 9.75. The predicted octanol–water partition coefficient (Wildman–Crippen LogP) is 3.48. The minimum atomic E-state index is -1.26. The van der Waals surface area contributed by atoms with Crippen molar-refractivity contribution in [2.24, 2.45) is 0 Å². The van der Waals surface area contributed by atoms with Gasteiger partial charge in [-0.1, -0.05) is 31.2 Å². The van der Waals surface area contributed by atoms with E-state index in [1.807, 2.05) is 13.8 Å². The summed E-state index contributed by atoms with van der Waals surface area (Å²) in [7, 11) is 0. The van der Waals surface area contributed by atoms with Crippen LogP contribution in [0.1, 0.15) is 41.8 Å². The summed E-state index contributed by atoms with van der Waals surface area (Å²) in [4.78, 5) is 37.5. The largest absolute Gasteiger partial charge is 0.490 e. The first-order valence-corrected chi connectivity index (χ1v) is 9.75. The number of rotatable bonds is 8. The van der Waals surface area contributed by atoms with Gasteiger partial charge in [0.25, 0.3) is 11.8 Å². The van der Waals surface area contributed by atoms with Crippen LogP contribution in [0, 0.1) is 0 Å². The third-order valence-corrected chi connectivity index (χ3v) is 4.50. The minimum absolute atomic E-state index is 0.246. The van der Waals surface area contributed by atoms with E-state index in [2.05, 4.69) is 0 Å². The van der Waals surface area contributed by atoms with E-state index in [9.17, 15) is 14.4 Å². The molecule has 0 atom stereocenters. The summed E-state index contributed by atoms with van der Waals surface area (Å²) in [5.74, 6) is -1.36. The maximum absolute atomic E-state index is 13.0. The van der Waals surface area contributed by atoms with E-state index in [1.54, 1.807) is 48.5 Å². The normalized spacial score (nSPS) is 14.6. The van der Waals surface area contributed by atoms with E-state index in [0.717, 1.165) is 11.3 Å². The molecule has 1 aliphatic heterocycles. The molecule has 0 radical (unpaired) electrons. The maximum Gasteiger partial charge on any atom is 0.323 e. The Kier molecular flexibility index (Phi) is 6.51. The van der Waals surface area contributed by atoms with E-state index in [-0.39, 0.29) is 11.1 Å². The molecule has 7 heteroatoms. The third kappa shape index (κ3) is 4.35. The number of nitrogens with zero attached hydrogens (tertiary/aromatic N) is 1. The van der Waals surface area contributed by atoms with Crippen molar-refractivity contribution in [3.8, 4) is 11.5 Å². The predicted molar refractivity (Wildman–Crippen MR) is 111 cm³/mol. The second-order valence-corrected chi connectivity index (χ2v) is 6.68. The average molecular weight is 409 g/mol. The van der Waals surface area contributed by atoms with Gasteiger partial charge in [-0.25, -0.2) is 0 Å². The average Bonchev–Trinajstić information content (AvgIpc) is 2.73. The van der Waals surface area contributed by atoms with Gasteiger partial charge in [-0.05, 0) is 48.7 Å². The Hall–Kier alpha value is -3.61. The van der Waals surface area contributed by atoms with Crippen LogP contribution in [0.5, 0.6) is 11.5 Å². The summed E-state index contributed by atoms with van der Waals surface area (Å²) >= 11 is 0. The molecule has 1 aliphatic rings. The van der Waals surface area contributed by atoms with Crippen LogP contribution in [-0.2, 0) is 9.59 Å². The maximum atomic E-state index is 13.0. The molecule has 2 amide bonds. The molecular formula is C23H23NO6. The zero-order valence-corrected chi connectivity index (χ0v) is 16.9. The molecule has 30 heavy (non-hydrogen) atoms. The van der Waals surface area contributed by atoms with Crippen LogP contribution in [0.15, 0.2) is 42.5 Å². The Bertz CT molecular complexity index is 1010. The van der Waals surface area contributed by atoms with Gasteiger partial charge in [0.05, 0.1) is 13.2 Å². The molecule has 1 heterocycles. The van der Waals surface area contributed by atoms with Crippen LogP contribution in [0.2, 0.25) is 0 Å². The number of imide groups is 1. The molecule has 0 saturated carbocycles. The van der Waals surface area contributed by atoms with Crippen molar-refractivity contribution in [3.05, 3.63) is 59.2 Å². The summed E-state index contributed by atoms with van der Waals surface area (Å²) in [6, 6.07) is 12.0. The van der Waals surface area contributed by atoms with E-state index < -0.39 is 24.3 Å². The zero-order valence-electron chi connectivity index (χ0n) is 16.9. The number of hydrogen-bond donors (Lipinski definition) is 1.